The highest BCUT2D eigenvalue weighted by Gasteiger charge is 2.39. The van der Waals surface area contributed by atoms with Crippen molar-refractivity contribution in [3.63, 3.8) is 0 Å². The first-order chi connectivity index (χ1) is 10.0. The molecular formula is C14H18N2O4S. The molecule has 2 atom stereocenters. The smallest absolute Gasteiger partial charge is 0.327 e. The molecule has 0 bridgehead atoms. The quantitative estimate of drug-likeness (QED) is 0.893. The number of nitrogens with one attached hydrogen (secondary N) is 1. The van der Waals surface area contributed by atoms with Crippen molar-refractivity contribution in [2.75, 3.05) is 17.7 Å². The Bertz CT molecular complexity index is 537. The fourth-order valence-electron chi connectivity index (χ4n) is 2.16. The first-order valence-corrected chi connectivity index (χ1v) is 7.74. The van der Waals surface area contributed by atoms with Crippen LogP contribution in [-0.4, -0.2) is 45.8 Å². The van der Waals surface area contributed by atoms with E-state index in [0.717, 1.165) is 0 Å². The minimum absolute atomic E-state index is 0.166. The van der Waals surface area contributed by atoms with Crippen molar-refractivity contribution < 1.29 is 19.4 Å². The summed E-state index contributed by atoms with van der Waals surface area (Å²) in [6, 6.07) is 5.83. The average Bonchev–Trinajstić information content (AvgIpc) is 2.81. The van der Waals surface area contributed by atoms with Gasteiger partial charge in [0.2, 0.25) is 0 Å². The summed E-state index contributed by atoms with van der Waals surface area (Å²) in [4.78, 5) is 24.9. The highest BCUT2D eigenvalue weighted by atomic mass is 32.2. The zero-order valence-electron chi connectivity index (χ0n) is 11.9. The number of hydrogen-bond acceptors (Lipinski definition) is 4. The lowest BCUT2D eigenvalue weighted by Gasteiger charge is -2.25. The van der Waals surface area contributed by atoms with Gasteiger partial charge in [-0.25, -0.2) is 9.59 Å². The van der Waals surface area contributed by atoms with Gasteiger partial charge >= 0.3 is 12.0 Å². The monoisotopic (exact) mass is 310 g/mol. The lowest BCUT2D eigenvalue weighted by atomic mass is 10.3. The fraction of sp³-hybridized carbons (Fsp3) is 0.429. The van der Waals surface area contributed by atoms with Gasteiger partial charge in [0.1, 0.15) is 11.8 Å². The Morgan fingerprint density at radius 2 is 2.29 bits per heavy atom. The van der Waals surface area contributed by atoms with Gasteiger partial charge in [-0.05, 0) is 26.0 Å². The van der Waals surface area contributed by atoms with Crippen molar-refractivity contribution in [1.82, 2.24) is 4.90 Å². The number of rotatable bonds is 4. The van der Waals surface area contributed by atoms with Crippen LogP contribution in [0.25, 0.3) is 0 Å². The molecule has 2 unspecified atom stereocenters. The van der Waals surface area contributed by atoms with Gasteiger partial charge < -0.3 is 15.2 Å². The minimum Gasteiger partial charge on any atom is -0.494 e. The number of carboxylic acids is 1. The number of urea groups is 1. The van der Waals surface area contributed by atoms with Crippen molar-refractivity contribution in [1.29, 1.82) is 0 Å². The van der Waals surface area contributed by atoms with Crippen molar-refractivity contribution in [2.24, 2.45) is 0 Å². The zero-order chi connectivity index (χ0) is 15.4. The summed E-state index contributed by atoms with van der Waals surface area (Å²) in [6.45, 7) is 4.24. The molecule has 7 heteroatoms. The van der Waals surface area contributed by atoms with Crippen LogP contribution in [0, 0.1) is 0 Å². The zero-order valence-corrected chi connectivity index (χ0v) is 12.7. The van der Waals surface area contributed by atoms with Crippen molar-refractivity contribution >= 4 is 29.4 Å². The molecule has 1 fully saturated rings. The second kappa shape index (κ2) is 6.71. The van der Waals surface area contributed by atoms with Gasteiger partial charge in [0, 0.05) is 17.5 Å². The number of hydrogen-bond donors (Lipinski definition) is 2. The molecule has 0 radical (unpaired) electrons. The van der Waals surface area contributed by atoms with Crippen LogP contribution in [0.4, 0.5) is 10.5 Å². The Kier molecular flexibility index (Phi) is 4.95. The third-order valence-electron chi connectivity index (χ3n) is 3.14. The number of carbonyl (C=O) groups excluding carboxylic acids is 1. The van der Waals surface area contributed by atoms with E-state index in [1.54, 1.807) is 24.3 Å². The van der Waals surface area contributed by atoms with Gasteiger partial charge in [-0.1, -0.05) is 6.07 Å². The normalized spacial score (nSPS) is 21.1. The highest BCUT2D eigenvalue weighted by molar-refractivity contribution is 8.00. The number of carbonyl (C=O) groups is 2. The maximum atomic E-state index is 12.3. The van der Waals surface area contributed by atoms with Crippen LogP contribution >= 0.6 is 11.8 Å². The standard InChI is InChI=1S/C14H18N2O4S/c1-3-20-11-6-4-5-10(7-11)15-14(19)16-9(2)21-8-12(16)13(17)18/h4-7,9,12H,3,8H2,1-2H3,(H,15,19)(H,17,18). The van der Waals surface area contributed by atoms with Crippen LogP contribution in [0.1, 0.15) is 13.8 Å². The number of ether oxygens (including phenoxy) is 1. The van der Waals surface area contributed by atoms with Crippen molar-refractivity contribution in [3.8, 4) is 5.75 Å². The topological polar surface area (TPSA) is 78.9 Å². The van der Waals surface area contributed by atoms with Crippen LogP contribution < -0.4 is 10.1 Å². The molecular weight excluding hydrogens is 292 g/mol. The number of nitrogens with zero attached hydrogens (tertiary/aromatic N) is 1. The first kappa shape index (κ1) is 15.5. The van der Waals surface area contributed by atoms with Gasteiger partial charge in [-0.3, -0.25) is 4.90 Å². The molecule has 21 heavy (non-hydrogen) atoms. The molecule has 0 saturated carbocycles. The van der Waals surface area contributed by atoms with E-state index in [-0.39, 0.29) is 5.37 Å². The maximum Gasteiger partial charge on any atom is 0.327 e. The van der Waals surface area contributed by atoms with E-state index in [0.29, 0.717) is 23.8 Å². The van der Waals surface area contributed by atoms with Crippen LogP contribution in [0.3, 0.4) is 0 Å². The summed E-state index contributed by atoms with van der Waals surface area (Å²) in [6.07, 6.45) is 0. The molecule has 114 valence electrons. The van der Waals surface area contributed by atoms with Crippen LogP contribution in [0.2, 0.25) is 0 Å². The number of aliphatic carboxylic acids is 1. The van der Waals surface area contributed by atoms with Crippen LogP contribution in [0.5, 0.6) is 5.75 Å². The molecule has 2 rings (SSSR count). The van der Waals surface area contributed by atoms with Crippen LogP contribution in [-0.2, 0) is 4.79 Å². The van der Waals surface area contributed by atoms with Crippen LogP contribution in [0.15, 0.2) is 24.3 Å². The maximum absolute atomic E-state index is 12.3. The number of benzene rings is 1. The van der Waals surface area contributed by atoms with E-state index in [4.69, 9.17) is 4.74 Å². The van der Waals surface area contributed by atoms with E-state index < -0.39 is 18.0 Å². The summed E-state index contributed by atoms with van der Waals surface area (Å²) in [7, 11) is 0. The number of carboxylic acid groups (broad SMARTS) is 1. The number of anilines is 1. The molecule has 1 aliphatic heterocycles. The molecule has 0 spiro atoms. The van der Waals surface area contributed by atoms with E-state index in [2.05, 4.69) is 5.32 Å². The van der Waals surface area contributed by atoms with E-state index in [9.17, 15) is 14.7 Å². The summed E-state index contributed by atoms with van der Waals surface area (Å²) in [5.41, 5.74) is 0.583. The molecule has 1 heterocycles. The second-order valence-corrected chi connectivity index (χ2v) is 5.93. The predicted octanol–water partition coefficient (Wildman–Crippen LogP) is 2.47. The lowest BCUT2D eigenvalue weighted by Crippen LogP contribution is -2.46. The van der Waals surface area contributed by atoms with E-state index >= 15 is 0 Å². The second-order valence-electron chi connectivity index (χ2n) is 4.58. The Balaban J connectivity index is 2.09. The van der Waals surface area contributed by atoms with Crippen molar-refractivity contribution in [3.05, 3.63) is 24.3 Å². The van der Waals surface area contributed by atoms with Gasteiger partial charge in [-0.2, -0.15) is 0 Å². The molecule has 0 aliphatic carbocycles. The number of amides is 2. The minimum atomic E-state index is -0.981. The first-order valence-electron chi connectivity index (χ1n) is 6.69. The summed E-state index contributed by atoms with van der Waals surface area (Å²) in [5, 5.41) is 11.7. The van der Waals surface area contributed by atoms with E-state index in [1.165, 1.54) is 16.7 Å². The van der Waals surface area contributed by atoms with Gasteiger partial charge in [0.15, 0.2) is 0 Å². The molecule has 0 aromatic heterocycles. The van der Waals surface area contributed by atoms with Gasteiger partial charge in [-0.15, -0.1) is 11.8 Å². The molecule has 1 aromatic carbocycles. The Labute approximate surface area is 127 Å². The summed E-state index contributed by atoms with van der Waals surface area (Å²) >= 11 is 1.45. The van der Waals surface area contributed by atoms with Crippen molar-refractivity contribution in [2.45, 2.75) is 25.3 Å². The van der Waals surface area contributed by atoms with E-state index in [1.807, 2.05) is 13.8 Å². The van der Waals surface area contributed by atoms with Gasteiger partial charge in [0.05, 0.1) is 12.0 Å². The molecule has 1 saturated heterocycles. The predicted molar refractivity (Wildman–Crippen MR) is 81.8 cm³/mol. The summed E-state index contributed by atoms with van der Waals surface area (Å²) in [5.74, 6) is 0.0853. The van der Waals surface area contributed by atoms with Gasteiger partial charge in [0.25, 0.3) is 0 Å². The largest absolute Gasteiger partial charge is 0.494 e. The Morgan fingerprint density at radius 3 is 2.95 bits per heavy atom. The summed E-state index contributed by atoms with van der Waals surface area (Å²) < 4.78 is 5.37. The molecule has 2 N–H and O–H groups in total. The Hall–Kier alpha value is -1.89. The average molecular weight is 310 g/mol. The third kappa shape index (κ3) is 3.60. The lowest BCUT2D eigenvalue weighted by molar-refractivity contribution is -0.141. The molecule has 1 aliphatic rings. The third-order valence-corrected chi connectivity index (χ3v) is 4.36. The SMILES string of the molecule is CCOc1cccc(NC(=O)N2C(C)SCC2C(=O)O)c1. The molecule has 1 aromatic rings. The highest BCUT2D eigenvalue weighted by Crippen LogP contribution is 2.29. The molecule has 6 nitrogen and oxygen atoms in total. The fourth-order valence-corrected chi connectivity index (χ4v) is 3.33. The number of thioether (sulfide) groups is 1. The molecule has 2 amide bonds. The Morgan fingerprint density at radius 1 is 1.52 bits per heavy atom.